The van der Waals surface area contributed by atoms with Crippen LogP contribution in [0.25, 0.3) is 17.0 Å². The fourth-order valence-corrected chi connectivity index (χ4v) is 5.18. The third kappa shape index (κ3) is 5.51. The van der Waals surface area contributed by atoms with Crippen LogP contribution < -0.4 is 10.6 Å². The molecule has 0 radical (unpaired) electrons. The summed E-state index contributed by atoms with van der Waals surface area (Å²) in [7, 11) is 0. The predicted octanol–water partition coefficient (Wildman–Crippen LogP) is 7.88. The van der Waals surface area contributed by atoms with Gasteiger partial charge in [0, 0.05) is 40.5 Å². The Morgan fingerprint density at radius 3 is 2.32 bits per heavy atom. The molecule has 0 unspecified atom stereocenters. The zero-order valence-electron chi connectivity index (χ0n) is 18.7. The molecular formula is C26H15Cl4N3O3S. The van der Waals surface area contributed by atoms with Crippen molar-refractivity contribution in [2.75, 3.05) is 5.32 Å². The van der Waals surface area contributed by atoms with Gasteiger partial charge in [0.25, 0.3) is 17.1 Å². The normalized spacial score (nSPS) is 14.4. The van der Waals surface area contributed by atoms with Gasteiger partial charge >= 0.3 is 0 Å². The van der Waals surface area contributed by atoms with E-state index in [1.807, 2.05) is 29.0 Å². The van der Waals surface area contributed by atoms with Gasteiger partial charge in [-0.2, -0.15) is 0 Å². The van der Waals surface area contributed by atoms with Crippen LogP contribution in [-0.2, 0) is 11.3 Å². The molecule has 1 aliphatic rings. The molecule has 11 heteroatoms. The Kier molecular flexibility index (Phi) is 7.25. The van der Waals surface area contributed by atoms with E-state index in [0.717, 1.165) is 28.2 Å². The molecule has 1 saturated heterocycles. The number of nitrogens with one attached hydrogen (secondary N) is 2. The first-order valence-corrected chi connectivity index (χ1v) is 13.1. The van der Waals surface area contributed by atoms with Crippen molar-refractivity contribution in [2.45, 2.75) is 6.54 Å². The molecule has 186 valence electrons. The number of anilines is 1. The van der Waals surface area contributed by atoms with Crippen LogP contribution in [0.3, 0.4) is 0 Å². The number of imide groups is 1. The second-order valence-corrected chi connectivity index (χ2v) is 10.8. The zero-order valence-corrected chi connectivity index (χ0v) is 22.5. The Labute approximate surface area is 235 Å². The third-order valence-electron chi connectivity index (χ3n) is 5.62. The molecule has 1 fully saturated rings. The molecule has 3 aromatic carbocycles. The molecule has 5 rings (SSSR count). The fraction of sp³-hybridized carbons (Fsp3) is 0.0385. The van der Waals surface area contributed by atoms with Crippen LogP contribution >= 0.6 is 58.2 Å². The molecule has 2 N–H and O–H groups in total. The van der Waals surface area contributed by atoms with Crippen LogP contribution in [0.15, 0.2) is 65.7 Å². The maximum Gasteiger partial charge on any atom is 0.290 e. The Morgan fingerprint density at radius 2 is 1.65 bits per heavy atom. The van der Waals surface area contributed by atoms with Crippen molar-refractivity contribution in [1.82, 2.24) is 9.88 Å². The molecular weight excluding hydrogens is 576 g/mol. The van der Waals surface area contributed by atoms with Gasteiger partial charge in [0.2, 0.25) is 0 Å². The number of thioether (sulfide) groups is 1. The summed E-state index contributed by atoms with van der Waals surface area (Å²) in [6.07, 6.45) is 3.53. The van der Waals surface area contributed by atoms with Crippen molar-refractivity contribution < 1.29 is 14.4 Å². The topological polar surface area (TPSA) is 80.2 Å². The van der Waals surface area contributed by atoms with E-state index in [4.69, 9.17) is 46.4 Å². The van der Waals surface area contributed by atoms with Crippen LogP contribution in [-0.4, -0.2) is 21.6 Å². The number of halogens is 4. The number of carbonyl (C=O) groups excluding carboxylic acids is 3. The number of benzene rings is 3. The van der Waals surface area contributed by atoms with Gasteiger partial charge in [0.1, 0.15) is 0 Å². The Morgan fingerprint density at radius 1 is 0.919 bits per heavy atom. The molecule has 0 saturated carbocycles. The van der Waals surface area contributed by atoms with Crippen molar-refractivity contribution in [3.05, 3.63) is 102 Å². The number of rotatable bonds is 5. The van der Waals surface area contributed by atoms with E-state index >= 15 is 0 Å². The summed E-state index contributed by atoms with van der Waals surface area (Å²) >= 11 is 25.1. The molecule has 0 bridgehead atoms. The summed E-state index contributed by atoms with van der Waals surface area (Å²) in [5.41, 5.74) is 3.36. The molecule has 0 atom stereocenters. The lowest BCUT2D eigenvalue weighted by Gasteiger charge is -2.09. The summed E-state index contributed by atoms with van der Waals surface area (Å²) in [6.45, 7) is 0.476. The van der Waals surface area contributed by atoms with Crippen molar-refractivity contribution in [3.63, 3.8) is 0 Å². The maximum absolute atomic E-state index is 12.8. The second kappa shape index (κ2) is 10.4. The number of hydrogen-bond donors (Lipinski definition) is 2. The molecule has 4 aromatic rings. The van der Waals surface area contributed by atoms with Gasteiger partial charge in [0.15, 0.2) is 0 Å². The smallest absolute Gasteiger partial charge is 0.290 e. The molecule has 37 heavy (non-hydrogen) atoms. The summed E-state index contributed by atoms with van der Waals surface area (Å²) in [6, 6.07) is 15.5. The number of nitrogens with zero attached hydrogens (tertiary/aromatic N) is 1. The van der Waals surface area contributed by atoms with E-state index in [1.54, 1.807) is 36.4 Å². The number of fused-ring (bicyclic) bond motifs is 1. The van der Waals surface area contributed by atoms with E-state index in [1.165, 1.54) is 6.07 Å². The van der Waals surface area contributed by atoms with Crippen LogP contribution in [0.5, 0.6) is 0 Å². The number of carbonyl (C=O) groups is 3. The van der Waals surface area contributed by atoms with Gasteiger partial charge in [-0.25, -0.2) is 0 Å². The third-order valence-corrected chi connectivity index (χ3v) is 7.91. The minimum atomic E-state index is -0.454. The van der Waals surface area contributed by atoms with E-state index in [0.29, 0.717) is 38.4 Å². The number of amides is 3. The largest absolute Gasteiger partial charge is 0.342 e. The van der Waals surface area contributed by atoms with Gasteiger partial charge in [-0.05, 0) is 71.9 Å². The summed E-state index contributed by atoms with van der Waals surface area (Å²) in [4.78, 5) is 37.0. The Balaban J connectivity index is 1.54. The first-order valence-electron chi connectivity index (χ1n) is 10.8. The summed E-state index contributed by atoms with van der Waals surface area (Å²) < 4.78 is 1.99. The van der Waals surface area contributed by atoms with Crippen LogP contribution in [0.4, 0.5) is 10.5 Å². The van der Waals surface area contributed by atoms with Crippen molar-refractivity contribution in [2.24, 2.45) is 0 Å². The lowest BCUT2D eigenvalue weighted by Crippen LogP contribution is -2.17. The first-order chi connectivity index (χ1) is 17.7. The van der Waals surface area contributed by atoms with Gasteiger partial charge < -0.3 is 9.88 Å². The van der Waals surface area contributed by atoms with E-state index in [-0.39, 0.29) is 15.8 Å². The summed E-state index contributed by atoms with van der Waals surface area (Å²) in [5, 5.41) is 7.02. The van der Waals surface area contributed by atoms with E-state index in [2.05, 4.69) is 10.6 Å². The van der Waals surface area contributed by atoms with Gasteiger partial charge in [-0.3, -0.25) is 19.7 Å². The predicted molar refractivity (Wildman–Crippen MR) is 151 cm³/mol. The molecule has 1 aliphatic heterocycles. The minimum Gasteiger partial charge on any atom is -0.342 e. The highest BCUT2D eigenvalue weighted by Gasteiger charge is 2.25. The number of hydrogen-bond acceptors (Lipinski definition) is 4. The van der Waals surface area contributed by atoms with Crippen LogP contribution in [0.2, 0.25) is 20.1 Å². The van der Waals surface area contributed by atoms with E-state index < -0.39 is 11.1 Å². The SMILES string of the molecule is O=C1NC(=O)/C(=C\c2cn(Cc3ccc(Cl)c(Cl)c3)c3ccc(NC(=O)c4ccc(Cl)c(Cl)c4)cc23)S1. The average molecular weight is 591 g/mol. The quantitative estimate of drug-likeness (QED) is 0.232. The molecule has 2 heterocycles. The van der Waals surface area contributed by atoms with Crippen molar-refractivity contribution >= 4 is 97.9 Å². The zero-order chi connectivity index (χ0) is 26.3. The highest BCUT2D eigenvalue weighted by molar-refractivity contribution is 8.18. The Bertz CT molecular complexity index is 1650. The standard InChI is InChI=1S/C26H15Cl4N3O3S/c27-18-4-1-13(7-20(18)29)11-33-12-15(9-23-25(35)32-26(36)37-23)17-10-16(3-6-22(17)33)31-24(34)14-2-5-19(28)21(30)8-14/h1-10,12H,11H2,(H,31,34)(H,32,35,36)/b23-9+. The molecule has 3 amide bonds. The Hall–Kier alpha value is -2.94. The highest BCUT2D eigenvalue weighted by atomic mass is 35.5. The fourth-order valence-electron chi connectivity index (χ4n) is 3.89. The lowest BCUT2D eigenvalue weighted by molar-refractivity contribution is -0.115. The summed E-state index contributed by atoms with van der Waals surface area (Å²) in [5.74, 6) is -0.811. The van der Waals surface area contributed by atoms with Gasteiger partial charge in [0.05, 0.1) is 25.0 Å². The van der Waals surface area contributed by atoms with Gasteiger partial charge in [-0.1, -0.05) is 52.5 Å². The average Bonchev–Trinajstić information content (AvgIpc) is 3.35. The highest BCUT2D eigenvalue weighted by Crippen LogP contribution is 2.32. The maximum atomic E-state index is 12.8. The monoisotopic (exact) mass is 589 g/mol. The molecule has 1 aromatic heterocycles. The first kappa shape index (κ1) is 25.7. The minimum absolute atomic E-state index is 0.278. The van der Waals surface area contributed by atoms with Crippen molar-refractivity contribution in [3.8, 4) is 0 Å². The molecule has 6 nitrogen and oxygen atoms in total. The lowest BCUT2D eigenvalue weighted by atomic mass is 10.1. The van der Waals surface area contributed by atoms with Crippen LogP contribution in [0, 0.1) is 0 Å². The second-order valence-electron chi connectivity index (χ2n) is 8.13. The van der Waals surface area contributed by atoms with Gasteiger partial charge in [-0.15, -0.1) is 0 Å². The molecule has 0 aliphatic carbocycles. The van der Waals surface area contributed by atoms with E-state index in [9.17, 15) is 14.4 Å². The molecule has 0 spiro atoms. The van der Waals surface area contributed by atoms with Crippen LogP contribution in [0.1, 0.15) is 21.5 Å². The number of aromatic nitrogens is 1. The van der Waals surface area contributed by atoms with Crippen molar-refractivity contribution in [1.29, 1.82) is 0 Å².